The normalized spacial score (nSPS) is 13.2. The molecule has 0 radical (unpaired) electrons. The molecular formula is C9H23N3. The Labute approximate surface area is 76.1 Å². The van der Waals surface area contributed by atoms with Crippen LogP contribution in [0.2, 0.25) is 0 Å². The molecule has 0 bridgehead atoms. The van der Waals surface area contributed by atoms with Crippen molar-refractivity contribution in [3.8, 4) is 0 Å². The topological polar surface area (TPSA) is 50.1 Å². The van der Waals surface area contributed by atoms with Crippen LogP contribution >= 0.6 is 0 Å². The van der Waals surface area contributed by atoms with E-state index >= 15 is 0 Å². The lowest BCUT2D eigenvalue weighted by atomic mass is 10.1. The third-order valence-corrected chi connectivity index (χ3v) is 2.09. The Morgan fingerprint density at radius 1 is 1.25 bits per heavy atom. The van der Waals surface area contributed by atoms with Gasteiger partial charge in [-0.25, -0.2) is 0 Å². The van der Waals surface area contributed by atoms with Crippen molar-refractivity contribution in [2.24, 2.45) is 5.84 Å². The zero-order valence-corrected chi connectivity index (χ0v) is 8.40. The van der Waals surface area contributed by atoms with Gasteiger partial charge in [0.25, 0.3) is 0 Å². The largest absolute Gasteiger partial charge is 0.314 e. The van der Waals surface area contributed by atoms with Gasteiger partial charge in [0.05, 0.1) is 0 Å². The van der Waals surface area contributed by atoms with Gasteiger partial charge in [-0.15, -0.1) is 0 Å². The molecule has 0 aliphatic carbocycles. The maximum Gasteiger partial charge on any atom is 0.0112 e. The van der Waals surface area contributed by atoms with Gasteiger partial charge in [-0.2, -0.15) is 0 Å². The van der Waals surface area contributed by atoms with Gasteiger partial charge in [-0.3, -0.25) is 11.3 Å². The molecule has 0 aliphatic heterocycles. The quantitative estimate of drug-likeness (QED) is 0.292. The molecule has 0 saturated heterocycles. The zero-order chi connectivity index (χ0) is 9.23. The van der Waals surface area contributed by atoms with Crippen molar-refractivity contribution < 1.29 is 0 Å². The summed E-state index contributed by atoms with van der Waals surface area (Å²) in [5, 5.41) is 3.51. The van der Waals surface area contributed by atoms with Crippen LogP contribution in [0.1, 0.15) is 39.5 Å². The highest BCUT2D eigenvalue weighted by molar-refractivity contribution is 4.64. The van der Waals surface area contributed by atoms with E-state index in [-0.39, 0.29) is 0 Å². The van der Waals surface area contributed by atoms with Crippen LogP contribution < -0.4 is 16.6 Å². The molecule has 1 unspecified atom stereocenters. The fraction of sp³-hybridized carbons (Fsp3) is 1.00. The first-order valence-electron chi connectivity index (χ1n) is 5.02. The third kappa shape index (κ3) is 6.58. The maximum atomic E-state index is 5.21. The first kappa shape index (κ1) is 11.9. The van der Waals surface area contributed by atoms with Crippen LogP contribution in [0.25, 0.3) is 0 Å². The van der Waals surface area contributed by atoms with Crippen LogP contribution in [0, 0.1) is 0 Å². The standard InChI is InChI=1S/C9H23N3/c1-3-5-7-11-9(4-2)6-8-12-10/h9,11-12H,3-8,10H2,1-2H3. The second-order valence-electron chi connectivity index (χ2n) is 3.16. The lowest BCUT2D eigenvalue weighted by Crippen LogP contribution is -2.34. The molecule has 0 aromatic rings. The summed E-state index contributed by atoms with van der Waals surface area (Å²) in [5.41, 5.74) is 2.68. The lowest BCUT2D eigenvalue weighted by molar-refractivity contribution is 0.450. The summed E-state index contributed by atoms with van der Waals surface area (Å²) >= 11 is 0. The average Bonchev–Trinajstić information content (AvgIpc) is 2.11. The number of nitrogens with one attached hydrogen (secondary N) is 2. The first-order valence-corrected chi connectivity index (χ1v) is 5.02. The number of hydrogen-bond donors (Lipinski definition) is 3. The molecular weight excluding hydrogens is 150 g/mol. The second kappa shape index (κ2) is 8.97. The molecule has 0 spiro atoms. The van der Waals surface area contributed by atoms with Crippen LogP contribution in [0.4, 0.5) is 0 Å². The molecule has 0 saturated carbocycles. The van der Waals surface area contributed by atoms with Crippen LogP contribution in [0.5, 0.6) is 0 Å². The SMILES string of the molecule is CCCCNC(CC)CCNN. The summed E-state index contributed by atoms with van der Waals surface area (Å²) in [6.45, 7) is 6.46. The summed E-state index contributed by atoms with van der Waals surface area (Å²) in [5.74, 6) is 5.21. The number of hydrazine groups is 1. The molecule has 74 valence electrons. The Morgan fingerprint density at radius 3 is 2.50 bits per heavy atom. The fourth-order valence-electron chi connectivity index (χ4n) is 1.19. The Balaban J connectivity index is 3.26. The maximum absolute atomic E-state index is 5.21. The molecule has 3 nitrogen and oxygen atoms in total. The number of unbranched alkanes of at least 4 members (excludes halogenated alkanes) is 1. The summed E-state index contributed by atoms with van der Waals surface area (Å²) in [4.78, 5) is 0. The number of nitrogens with two attached hydrogens (primary N) is 1. The minimum atomic E-state index is 0.632. The Bertz CT molecular complexity index is 85.8. The third-order valence-electron chi connectivity index (χ3n) is 2.09. The van der Waals surface area contributed by atoms with Crippen LogP contribution in [-0.2, 0) is 0 Å². The van der Waals surface area contributed by atoms with E-state index in [4.69, 9.17) is 5.84 Å². The van der Waals surface area contributed by atoms with Gasteiger partial charge >= 0.3 is 0 Å². The van der Waals surface area contributed by atoms with E-state index in [2.05, 4.69) is 24.6 Å². The fourth-order valence-corrected chi connectivity index (χ4v) is 1.19. The van der Waals surface area contributed by atoms with Crippen LogP contribution in [0.3, 0.4) is 0 Å². The molecule has 0 fully saturated rings. The molecule has 0 aromatic heterocycles. The molecule has 0 amide bonds. The highest BCUT2D eigenvalue weighted by Gasteiger charge is 2.02. The van der Waals surface area contributed by atoms with E-state index in [1.807, 2.05) is 0 Å². The van der Waals surface area contributed by atoms with Crippen molar-refractivity contribution in [1.29, 1.82) is 0 Å². The molecule has 1 atom stereocenters. The van der Waals surface area contributed by atoms with Gasteiger partial charge in [-0.1, -0.05) is 20.3 Å². The smallest absolute Gasteiger partial charge is 0.0112 e. The second-order valence-corrected chi connectivity index (χ2v) is 3.16. The van der Waals surface area contributed by atoms with Crippen LogP contribution in [0.15, 0.2) is 0 Å². The highest BCUT2D eigenvalue weighted by Crippen LogP contribution is 1.96. The molecule has 12 heavy (non-hydrogen) atoms. The van der Waals surface area contributed by atoms with E-state index in [1.165, 1.54) is 19.3 Å². The predicted molar refractivity (Wildman–Crippen MR) is 53.8 cm³/mol. The molecule has 3 heteroatoms. The van der Waals surface area contributed by atoms with Crippen molar-refractivity contribution in [2.45, 2.75) is 45.6 Å². The van der Waals surface area contributed by atoms with Crippen molar-refractivity contribution in [3.63, 3.8) is 0 Å². The van der Waals surface area contributed by atoms with Crippen molar-refractivity contribution in [3.05, 3.63) is 0 Å². The summed E-state index contributed by atoms with van der Waals surface area (Å²) in [6.07, 6.45) is 4.84. The van der Waals surface area contributed by atoms with Gasteiger partial charge < -0.3 is 5.32 Å². The minimum Gasteiger partial charge on any atom is -0.314 e. The molecule has 0 rings (SSSR count). The van der Waals surface area contributed by atoms with Crippen molar-refractivity contribution in [2.75, 3.05) is 13.1 Å². The van der Waals surface area contributed by atoms with Crippen molar-refractivity contribution >= 4 is 0 Å². The van der Waals surface area contributed by atoms with Gasteiger partial charge in [0.1, 0.15) is 0 Å². The van der Waals surface area contributed by atoms with E-state index in [1.54, 1.807) is 0 Å². The van der Waals surface area contributed by atoms with Gasteiger partial charge in [-0.05, 0) is 25.8 Å². The highest BCUT2D eigenvalue weighted by atomic mass is 15.2. The first-order chi connectivity index (χ1) is 5.85. The lowest BCUT2D eigenvalue weighted by Gasteiger charge is -2.15. The van der Waals surface area contributed by atoms with E-state index < -0.39 is 0 Å². The molecule has 0 aliphatic rings. The molecule has 0 aromatic carbocycles. The van der Waals surface area contributed by atoms with Gasteiger partial charge in [0.2, 0.25) is 0 Å². The minimum absolute atomic E-state index is 0.632. The molecule has 4 N–H and O–H groups in total. The van der Waals surface area contributed by atoms with E-state index in [9.17, 15) is 0 Å². The summed E-state index contributed by atoms with van der Waals surface area (Å²) in [6, 6.07) is 0.632. The van der Waals surface area contributed by atoms with Gasteiger partial charge in [0.15, 0.2) is 0 Å². The van der Waals surface area contributed by atoms with E-state index in [0.717, 1.165) is 19.5 Å². The predicted octanol–water partition coefficient (Wildman–Crippen LogP) is 1.01. The van der Waals surface area contributed by atoms with Crippen molar-refractivity contribution in [1.82, 2.24) is 10.7 Å². The monoisotopic (exact) mass is 173 g/mol. The number of rotatable bonds is 8. The Hall–Kier alpha value is -0.120. The molecule has 0 heterocycles. The average molecular weight is 173 g/mol. The summed E-state index contributed by atoms with van der Waals surface area (Å²) < 4.78 is 0. The van der Waals surface area contributed by atoms with Crippen LogP contribution in [-0.4, -0.2) is 19.1 Å². The van der Waals surface area contributed by atoms with Gasteiger partial charge in [0, 0.05) is 12.6 Å². The number of hydrogen-bond acceptors (Lipinski definition) is 3. The summed E-state index contributed by atoms with van der Waals surface area (Å²) in [7, 11) is 0. The Kier molecular flexibility index (Phi) is 8.88. The Morgan fingerprint density at radius 2 is 2.00 bits per heavy atom. The zero-order valence-electron chi connectivity index (χ0n) is 8.40. The van der Waals surface area contributed by atoms with E-state index in [0.29, 0.717) is 6.04 Å².